The summed E-state index contributed by atoms with van der Waals surface area (Å²) in [6.07, 6.45) is 0.322. The van der Waals surface area contributed by atoms with Gasteiger partial charge in [0.15, 0.2) is 0 Å². The van der Waals surface area contributed by atoms with Crippen LogP contribution in [0.2, 0.25) is 5.02 Å². The zero-order valence-electron chi connectivity index (χ0n) is 20.3. The first kappa shape index (κ1) is 26.0. The molecule has 0 radical (unpaired) electrons. The number of carbonyl (C=O) groups is 4. The van der Waals surface area contributed by atoms with Crippen LogP contribution in [0.4, 0.5) is 8.78 Å². The second-order valence-corrected chi connectivity index (χ2v) is 10.4. The van der Waals surface area contributed by atoms with Crippen molar-refractivity contribution in [1.29, 1.82) is 0 Å². The van der Waals surface area contributed by atoms with Crippen LogP contribution >= 0.6 is 11.6 Å². The normalized spacial score (nSPS) is 20.2. The van der Waals surface area contributed by atoms with Gasteiger partial charge in [-0.1, -0.05) is 35.9 Å². The van der Waals surface area contributed by atoms with E-state index in [2.05, 4.69) is 5.32 Å². The van der Waals surface area contributed by atoms with Gasteiger partial charge in [0.2, 0.25) is 19.8 Å². The number of imide groups is 1. The highest BCUT2D eigenvalue weighted by molar-refractivity contribution is 6.43. The monoisotopic (exact) mass is 509 g/mol. The number of piperidine rings is 1. The van der Waals surface area contributed by atoms with Crippen molar-refractivity contribution in [2.24, 2.45) is 0 Å². The van der Waals surface area contributed by atoms with Crippen LogP contribution in [0.5, 0.6) is 0 Å². The molecule has 182 valence electrons. The van der Waals surface area contributed by atoms with Crippen LogP contribution in [0.1, 0.15) is 39.9 Å². The number of amides is 4. The predicted octanol–water partition coefficient (Wildman–Crippen LogP) is -1.39. The molecular formula is C22H22B4ClF2N3O4. The fraction of sp³-hybridized carbons (Fsp3) is 0.273. The largest absolute Gasteiger partial charge is 0.393 e. The minimum absolute atomic E-state index is 0.120. The zero-order valence-corrected chi connectivity index (χ0v) is 21.1. The third kappa shape index (κ3) is 4.13. The number of hydrogen-bond acceptors (Lipinski definition) is 4. The lowest BCUT2D eigenvalue weighted by atomic mass is 9.55. The fourth-order valence-corrected chi connectivity index (χ4v) is 4.72. The Bertz CT molecular complexity index is 1290. The number of hydrogen-bond donors (Lipinski definition) is 1. The molecule has 4 rings (SSSR count). The van der Waals surface area contributed by atoms with E-state index in [4.69, 9.17) is 11.6 Å². The number of halogens is 3. The van der Waals surface area contributed by atoms with Gasteiger partial charge in [0.05, 0.1) is 5.44 Å². The van der Waals surface area contributed by atoms with Crippen molar-refractivity contribution in [3.63, 3.8) is 0 Å². The summed E-state index contributed by atoms with van der Waals surface area (Å²) in [6.45, 7) is 0.120. The molecule has 0 aliphatic carbocycles. The van der Waals surface area contributed by atoms with Crippen LogP contribution < -0.4 is 5.32 Å². The standard InChI is InChI=1S/C22H22B4ClF2N3O4/c23-20(8-7-16(33)30-18(20)35)31-10-11-9-13(3-6-15(11)17(31)34)22(24,25)32(26)19(36)21(28,29)12-1-4-14(27)5-2-12/h1-6,9H,7-8,10,23-26H2,(H,30,33,35)/t20-/m1/s1. The van der Waals surface area contributed by atoms with Crippen molar-refractivity contribution in [3.05, 3.63) is 69.7 Å². The lowest BCUT2D eigenvalue weighted by molar-refractivity contribution is -0.155. The molecule has 2 aliphatic heterocycles. The van der Waals surface area contributed by atoms with Crippen molar-refractivity contribution in [2.45, 2.75) is 36.1 Å². The topological polar surface area (TPSA) is 86.8 Å². The number of rotatable bonds is 5. The van der Waals surface area contributed by atoms with E-state index in [1.807, 2.05) is 0 Å². The fourth-order valence-electron chi connectivity index (χ4n) is 4.59. The summed E-state index contributed by atoms with van der Waals surface area (Å²) in [6, 6.07) is 9.74. The molecule has 0 bridgehead atoms. The summed E-state index contributed by atoms with van der Waals surface area (Å²) in [4.78, 5) is 52.7. The van der Waals surface area contributed by atoms with Crippen molar-refractivity contribution in [1.82, 2.24) is 15.0 Å². The Morgan fingerprint density at radius 3 is 2.31 bits per heavy atom. The van der Waals surface area contributed by atoms with E-state index in [0.717, 1.165) is 16.9 Å². The SMILES string of the molecule is BN(C(=O)C(F)(F)c1ccc(Cl)cc1)C(B)(B)c1ccc2c(c1)CN([C@]1(B)CCC(=O)NC1=O)C2=O. The lowest BCUT2D eigenvalue weighted by Gasteiger charge is -2.40. The van der Waals surface area contributed by atoms with Crippen molar-refractivity contribution in [2.75, 3.05) is 0 Å². The van der Waals surface area contributed by atoms with Gasteiger partial charge in [0, 0.05) is 29.1 Å². The predicted molar refractivity (Wildman–Crippen MR) is 139 cm³/mol. The maximum Gasteiger partial charge on any atom is 0.348 e. The zero-order chi connectivity index (χ0) is 26.6. The van der Waals surface area contributed by atoms with Crippen LogP contribution in [0.25, 0.3) is 0 Å². The first-order chi connectivity index (χ1) is 16.7. The molecular weight excluding hydrogens is 487 g/mol. The highest BCUT2D eigenvalue weighted by Gasteiger charge is 2.49. The maximum atomic E-state index is 15.1. The van der Waals surface area contributed by atoms with Crippen molar-refractivity contribution >= 4 is 66.7 Å². The first-order valence-electron chi connectivity index (χ1n) is 11.4. The molecule has 7 nitrogen and oxygen atoms in total. The van der Waals surface area contributed by atoms with Gasteiger partial charge < -0.3 is 9.71 Å². The molecule has 0 spiro atoms. The second-order valence-electron chi connectivity index (χ2n) is 9.92. The van der Waals surface area contributed by atoms with Crippen LogP contribution in [-0.2, 0) is 32.2 Å². The maximum absolute atomic E-state index is 15.1. The smallest absolute Gasteiger partial charge is 0.348 e. The quantitative estimate of drug-likeness (QED) is 0.398. The average molecular weight is 509 g/mol. The van der Waals surface area contributed by atoms with Gasteiger partial charge in [0.1, 0.15) is 23.5 Å². The van der Waals surface area contributed by atoms with Gasteiger partial charge in [-0.15, -0.1) is 0 Å². The van der Waals surface area contributed by atoms with Crippen molar-refractivity contribution < 1.29 is 28.0 Å². The minimum atomic E-state index is -3.78. The highest BCUT2D eigenvalue weighted by Crippen LogP contribution is 2.37. The van der Waals surface area contributed by atoms with E-state index in [9.17, 15) is 19.2 Å². The van der Waals surface area contributed by atoms with Crippen LogP contribution in [0.15, 0.2) is 42.5 Å². The van der Waals surface area contributed by atoms with Gasteiger partial charge in [0.25, 0.3) is 11.8 Å². The summed E-state index contributed by atoms with van der Waals surface area (Å²) in [5.74, 6) is -6.42. The molecule has 1 atom stereocenters. The van der Waals surface area contributed by atoms with E-state index in [-0.39, 0.29) is 36.2 Å². The van der Waals surface area contributed by atoms with Crippen LogP contribution in [0.3, 0.4) is 0 Å². The highest BCUT2D eigenvalue weighted by atomic mass is 35.5. The van der Waals surface area contributed by atoms with Gasteiger partial charge in [-0.25, -0.2) is 0 Å². The second kappa shape index (κ2) is 8.80. The van der Waals surface area contributed by atoms with E-state index in [1.54, 1.807) is 41.7 Å². The van der Waals surface area contributed by atoms with Crippen LogP contribution in [-0.4, -0.2) is 70.3 Å². The van der Waals surface area contributed by atoms with Crippen LogP contribution in [0, 0.1) is 0 Å². The van der Waals surface area contributed by atoms with E-state index in [0.29, 0.717) is 16.7 Å². The van der Waals surface area contributed by atoms with Gasteiger partial charge >= 0.3 is 5.92 Å². The molecule has 2 heterocycles. The molecule has 1 N–H and O–H groups in total. The molecule has 2 aliphatic rings. The summed E-state index contributed by atoms with van der Waals surface area (Å²) in [7, 11) is 6.21. The molecule has 4 amide bonds. The summed E-state index contributed by atoms with van der Waals surface area (Å²) in [5.41, 5.74) is -0.102. The number of benzene rings is 2. The Morgan fingerprint density at radius 1 is 1.08 bits per heavy atom. The lowest BCUT2D eigenvalue weighted by Crippen LogP contribution is -2.63. The van der Waals surface area contributed by atoms with Gasteiger partial charge in [-0.3, -0.25) is 24.5 Å². The number of fused-ring (bicyclic) bond motifs is 1. The molecule has 0 unspecified atom stereocenters. The minimum Gasteiger partial charge on any atom is -0.393 e. The Morgan fingerprint density at radius 2 is 1.69 bits per heavy atom. The summed E-state index contributed by atoms with van der Waals surface area (Å²) in [5, 5.41) is 1.42. The number of carbonyl (C=O) groups excluding carboxylic acids is 4. The Labute approximate surface area is 215 Å². The first-order valence-corrected chi connectivity index (χ1v) is 11.8. The Balaban J connectivity index is 1.60. The van der Waals surface area contributed by atoms with Gasteiger partial charge in [-0.2, -0.15) is 8.78 Å². The third-order valence-corrected chi connectivity index (χ3v) is 7.66. The molecule has 1 fully saturated rings. The number of alkyl halides is 2. The van der Waals surface area contributed by atoms with Gasteiger partial charge in [-0.05, 0) is 41.1 Å². The third-order valence-electron chi connectivity index (χ3n) is 7.41. The van der Waals surface area contributed by atoms with Crippen molar-refractivity contribution in [3.8, 4) is 0 Å². The summed E-state index contributed by atoms with van der Waals surface area (Å²) < 4.78 is 30.1. The molecule has 0 saturated carbocycles. The van der Waals surface area contributed by atoms with E-state index < -0.39 is 34.1 Å². The Kier molecular flexibility index (Phi) is 6.35. The average Bonchev–Trinajstić information content (AvgIpc) is 3.17. The molecule has 1 saturated heterocycles. The molecule has 14 heteroatoms. The molecule has 36 heavy (non-hydrogen) atoms. The summed E-state index contributed by atoms with van der Waals surface area (Å²) >= 11 is 5.79. The Hall–Kier alpha value is -3.07. The molecule has 2 aromatic rings. The number of nitrogens with one attached hydrogen (secondary N) is 1. The van der Waals surface area contributed by atoms with E-state index in [1.165, 1.54) is 25.0 Å². The number of nitrogens with zero attached hydrogens (tertiary/aromatic N) is 2. The molecule has 0 aromatic heterocycles. The van der Waals surface area contributed by atoms with E-state index >= 15 is 8.78 Å². The molecule has 2 aromatic carbocycles.